The standard InChI is InChI=1S/C22H26N4O5/c1-26-16-8-6-5-7-15(16)23-19(26)13-21(28)25-24-20(27)10-9-14-11-17(29-2)22(31-4)18(12-14)30-3/h5-8,11-12H,9-10,13H2,1-4H3,(H,24,27)(H,25,28). The molecule has 2 aromatic carbocycles. The summed E-state index contributed by atoms with van der Waals surface area (Å²) in [6, 6.07) is 11.2. The fourth-order valence-electron chi connectivity index (χ4n) is 3.28. The number of carbonyl (C=O) groups excluding carboxylic acids is 2. The highest BCUT2D eigenvalue weighted by Crippen LogP contribution is 2.38. The molecule has 0 aliphatic heterocycles. The number of rotatable bonds is 8. The molecule has 1 heterocycles. The van der Waals surface area contributed by atoms with Crippen LogP contribution in [0.4, 0.5) is 0 Å². The molecular formula is C22H26N4O5. The van der Waals surface area contributed by atoms with E-state index in [1.165, 1.54) is 21.3 Å². The van der Waals surface area contributed by atoms with Gasteiger partial charge in [0.1, 0.15) is 5.82 Å². The van der Waals surface area contributed by atoms with Crippen LogP contribution in [-0.4, -0.2) is 42.7 Å². The number of methoxy groups -OCH3 is 3. The number of nitrogens with zero attached hydrogens (tertiary/aromatic N) is 2. The second-order valence-electron chi connectivity index (χ2n) is 6.88. The first-order chi connectivity index (χ1) is 15.0. The van der Waals surface area contributed by atoms with Gasteiger partial charge in [0, 0.05) is 13.5 Å². The van der Waals surface area contributed by atoms with E-state index < -0.39 is 0 Å². The van der Waals surface area contributed by atoms with Crippen molar-refractivity contribution in [3.8, 4) is 17.2 Å². The summed E-state index contributed by atoms with van der Waals surface area (Å²) in [4.78, 5) is 28.9. The molecule has 0 radical (unpaired) electrons. The van der Waals surface area contributed by atoms with Crippen LogP contribution >= 0.6 is 0 Å². The van der Waals surface area contributed by atoms with Gasteiger partial charge in [-0.1, -0.05) is 12.1 Å². The predicted molar refractivity (Wildman–Crippen MR) is 115 cm³/mol. The topological polar surface area (TPSA) is 104 Å². The van der Waals surface area contributed by atoms with Crippen molar-refractivity contribution in [1.29, 1.82) is 0 Å². The molecule has 0 saturated carbocycles. The van der Waals surface area contributed by atoms with Gasteiger partial charge in [0.05, 0.1) is 38.8 Å². The minimum atomic E-state index is -0.348. The summed E-state index contributed by atoms with van der Waals surface area (Å²) in [5.74, 6) is 1.49. The van der Waals surface area contributed by atoms with E-state index >= 15 is 0 Å². The Morgan fingerprint density at radius 2 is 1.61 bits per heavy atom. The van der Waals surface area contributed by atoms with Gasteiger partial charge >= 0.3 is 0 Å². The second kappa shape index (κ2) is 9.84. The number of hydrogen-bond donors (Lipinski definition) is 2. The average molecular weight is 426 g/mol. The average Bonchev–Trinajstić information content (AvgIpc) is 3.10. The molecule has 2 N–H and O–H groups in total. The Hall–Kier alpha value is -3.75. The van der Waals surface area contributed by atoms with Crippen molar-refractivity contribution < 1.29 is 23.8 Å². The quantitative estimate of drug-likeness (QED) is 0.534. The van der Waals surface area contributed by atoms with E-state index in [0.29, 0.717) is 29.5 Å². The zero-order valence-corrected chi connectivity index (χ0v) is 18.0. The van der Waals surface area contributed by atoms with Crippen LogP contribution in [0.2, 0.25) is 0 Å². The Kier molecular flexibility index (Phi) is 6.96. The molecule has 0 saturated heterocycles. The van der Waals surface area contributed by atoms with Gasteiger partial charge in [0.15, 0.2) is 11.5 Å². The maximum atomic E-state index is 12.2. The summed E-state index contributed by atoms with van der Waals surface area (Å²) < 4.78 is 17.8. The Morgan fingerprint density at radius 3 is 2.23 bits per heavy atom. The number of fused-ring (bicyclic) bond motifs is 1. The SMILES string of the molecule is COc1cc(CCC(=O)NNC(=O)Cc2nc3ccccc3n2C)cc(OC)c1OC. The number of hydrazine groups is 1. The highest BCUT2D eigenvalue weighted by molar-refractivity contribution is 5.84. The molecule has 2 amide bonds. The molecule has 0 unspecified atom stereocenters. The van der Waals surface area contributed by atoms with E-state index in [1.54, 1.807) is 12.1 Å². The fourth-order valence-corrected chi connectivity index (χ4v) is 3.28. The van der Waals surface area contributed by atoms with Gasteiger partial charge in [0.2, 0.25) is 17.6 Å². The van der Waals surface area contributed by atoms with Crippen LogP contribution in [0.1, 0.15) is 17.8 Å². The zero-order valence-electron chi connectivity index (χ0n) is 18.0. The smallest absolute Gasteiger partial charge is 0.245 e. The molecule has 9 nitrogen and oxygen atoms in total. The summed E-state index contributed by atoms with van der Waals surface area (Å²) in [5.41, 5.74) is 7.49. The van der Waals surface area contributed by atoms with Crippen molar-refractivity contribution >= 4 is 22.8 Å². The number of aromatic nitrogens is 2. The lowest BCUT2D eigenvalue weighted by atomic mass is 10.1. The normalized spacial score (nSPS) is 10.6. The third-order valence-electron chi connectivity index (χ3n) is 4.91. The third-order valence-corrected chi connectivity index (χ3v) is 4.91. The first kappa shape index (κ1) is 21.9. The van der Waals surface area contributed by atoms with Crippen LogP contribution in [0.25, 0.3) is 11.0 Å². The minimum absolute atomic E-state index is 0.0539. The van der Waals surface area contributed by atoms with Gasteiger partial charge in [-0.2, -0.15) is 0 Å². The van der Waals surface area contributed by atoms with Crippen LogP contribution in [0.5, 0.6) is 17.2 Å². The predicted octanol–water partition coefficient (Wildman–Crippen LogP) is 1.92. The molecular weight excluding hydrogens is 400 g/mol. The van der Waals surface area contributed by atoms with Gasteiger partial charge in [0.25, 0.3) is 0 Å². The molecule has 1 aromatic heterocycles. The second-order valence-corrected chi connectivity index (χ2v) is 6.88. The van der Waals surface area contributed by atoms with E-state index in [1.807, 2.05) is 35.9 Å². The van der Waals surface area contributed by atoms with Crippen LogP contribution in [0, 0.1) is 0 Å². The Labute approximate surface area is 180 Å². The van der Waals surface area contributed by atoms with Crippen LogP contribution in [-0.2, 0) is 29.5 Å². The highest BCUT2D eigenvalue weighted by Gasteiger charge is 2.15. The number of hydrogen-bond acceptors (Lipinski definition) is 6. The van der Waals surface area contributed by atoms with Gasteiger partial charge in [-0.15, -0.1) is 0 Å². The van der Waals surface area contributed by atoms with Crippen molar-refractivity contribution in [3.05, 3.63) is 47.8 Å². The fraction of sp³-hybridized carbons (Fsp3) is 0.318. The van der Waals surface area contributed by atoms with Crippen LogP contribution in [0.3, 0.4) is 0 Å². The Bertz CT molecular complexity index is 1070. The largest absolute Gasteiger partial charge is 0.493 e. The van der Waals surface area contributed by atoms with Crippen molar-refractivity contribution in [3.63, 3.8) is 0 Å². The third kappa shape index (κ3) is 5.06. The first-order valence-corrected chi connectivity index (χ1v) is 9.73. The molecule has 0 aliphatic rings. The molecule has 164 valence electrons. The number of amides is 2. The molecule has 0 fully saturated rings. The number of benzene rings is 2. The number of para-hydroxylation sites is 2. The van der Waals surface area contributed by atoms with Gasteiger partial charge in [-0.05, 0) is 36.2 Å². The molecule has 3 rings (SSSR count). The molecule has 0 atom stereocenters. The summed E-state index contributed by atoms with van der Waals surface area (Å²) in [6.07, 6.45) is 0.659. The molecule has 0 bridgehead atoms. The maximum Gasteiger partial charge on any atom is 0.245 e. The lowest BCUT2D eigenvalue weighted by Crippen LogP contribution is -2.42. The van der Waals surface area contributed by atoms with E-state index in [4.69, 9.17) is 14.2 Å². The maximum absolute atomic E-state index is 12.2. The van der Waals surface area contributed by atoms with Gasteiger partial charge < -0.3 is 18.8 Å². The lowest BCUT2D eigenvalue weighted by Gasteiger charge is -2.14. The molecule has 3 aromatic rings. The van der Waals surface area contributed by atoms with Crippen LogP contribution in [0.15, 0.2) is 36.4 Å². The first-order valence-electron chi connectivity index (χ1n) is 9.73. The summed E-state index contributed by atoms with van der Waals surface area (Å²) in [5, 5.41) is 0. The molecule has 0 aliphatic carbocycles. The highest BCUT2D eigenvalue weighted by atomic mass is 16.5. The molecule has 31 heavy (non-hydrogen) atoms. The van der Waals surface area contributed by atoms with E-state index in [9.17, 15) is 9.59 Å². The van der Waals surface area contributed by atoms with E-state index in [-0.39, 0.29) is 24.7 Å². The van der Waals surface area contributed by atoms with Crippen molar-refractivity contribution in [2.75, 3.05) is 21.3 Å². The van der Waals surface area contributed by atoms with Crippen LogP contribution < -0.4 is 25.1 Å². The zero-order chi connectivity index (χ0) is 22.4. The number of nitrogens with one attached hydrogen (secondary N) is 2. The van der Waals surface area contributed by atoms with Gasteiger partial charge in [-0.25, -0.2) is 4.98 Å². The van der Waals surface area contributed by atoms with Crippen molar-refractivity contribution in [2.24, 2.45) is 7.05 Å². The number of carbonyl (C=O) groups is 2. The van der Waals surface area contributed by atoms with Crippen molar-refractivity contribution in [2.45, 2.75) is 19.3 Å². The molecule has 9 heteroatoms. The number of imidazole rings is 1. The monoisotopic (exact) mass is 426 g/mol. The summed E-state index contributed by atoms with van der Waals surface area (Å²) in [7, 11) is 6.46. The summed E-state index contributed by atoms with van der Waals surface area (Å²) >= 11 is 0. The summed E-state index contributed by atoms with van der Waals surface area (Å²) in [6.45, 7) is 0. The number of aryl methyl sites for hydroxylation is 2. The number of ether oxygens (including phenoxy) is 3. The Morgan fingerprint density at radius 1 is 0.968 bits per heavy atom. The van der Waals surface area contributed by atoms with Gasteiger partial charge in [-0.3, -0.25) is 20.4 Å². The lowest BCUT2D eigenvalue weighted by molar-refractivity contribution is -0.128. The van der Waals surface area contributed by atoms with E-state index in [0.717, 1.165) is 16.6 Å². The van der Waals surface area contributed by atoms with Crippen molar-refractivity contribution in [1.82, 2.24) is 20.4 Å². The minimum Gasteiger partial charge on any atom is -0.493 e. The Balaban J connectivity index is 1.53. The van der Waals surface area contributed by atoms with E-state index in [2.05, 4.69) is 15.8 Å². The molecule has 0 spiro atoms.